The second-order valence-corrected chi connectivity index (χ2v) is 4.66. The average Bonchev–Trinajstić information content (AvgIpc) is 2.87. The molecular weight excluding hydrogens is 244 g/mol. The Morgan fingerprint density at radius 1 is 1.37 bits per heavy atom. The number of carbonyl (C=O) groups is 2. The number of para-hydroxylation sites is 1. The molecule has 0 bridgehead atoms. The number of nitrogens with one attached hydrogen (secondary N) is 1. The first-order valence-electron chi connectivity index (χ1n) is 6.34. The van der Waals surface area contributed by atoms with E-state index < -0.39 is 0 Å². The zero-order valence-corrected chi connectivity index (χ0v) is 11.0. The maximum Gasteiger partial charge on any atom is 0.310 e. The van der Waals surface area contributed by atoms with Crippen LogP contribution < -0.4 is 5.32 Å². The van der Waals surface area contributed by atoms with Gasteiger partial charge in [0.1, 0.15) is 0 Å². The van der Waals surface area contributed by atoms with Crippen molar-refractivity contribution >= 4 is 17.6 Å². The first kappa shape index (κ1) is 13.5. The summed E-state index contributed by atoms with van der Waals surface area (Å²) in [6, 6.07) is 9.34. The van der Waals surface area contributed by atoms with Crippen LogP contribution in [0.15, 0.2) is 30.3 Å². The number of hydrogen-bond donors (Lipinski definition) is 1. The Morgan fingerprint density at radius 3 is 2.79 bits per heavy atom. The lowest BCUT2D eigenvalue weighted by molar-refractivity contribution is -0.145. The van der Waals surface area contributed by atoms with Crippen molar-refractivity contribution in [3.8, 4) is 0 Å². The van der Waals surface area contributed by atoms with Crippen LogP contribution in [0.2, 0.25) is 0 Å². The maximum atomic E-state index is 11.8. The molecule has 1 fully saturated rings. The smallest absolute Gasteiger partial charge is 0.310 e. The van der Waals surface area contributed by atoms with E-state index in [1.54, 1.807) is 0 Å². The summed E-state index contributed by atoms with van der Waals surface area (Å²) in [6.07, 6.45) is 0.755. The van der Waals surface area contributed by atoms with Gasteiger partial charge in [-0.2, -0.15) is 0 Å². The number of benzene rings is 1. The van der Waals surface area contributed by atoms with Gasteiger partial charge in [0.05, 0.1) is 19.6 Å². The molecule has 1 saturated heterocycles. The minimum Gasteiger partial charge on any atom is -0.469 e. The van der Waals surface area contributed by atoms with E-state index >= 15 is 0 Å². The molecule has 102 valence electrons. The van der Waals surface area contributed by atoms with Crippen LogP contribution >= 0.6 is 0 Å². The highest BCUT2D eigenvalue weighted by Gasteiger charge is 2.29. The van der Waals surface area contributed by atoms with Gasteiger partial charge in [-0.15, -0.1) is 0 Å². The number of ether oxygens (including phenoxy) is 1. The van der Waals surface area contributed by atoms with E-state index in [-0.39, 0.29) is 17.8 Å². The molecule has 0 saturated carbocycles. The fourth-order valence-electron chi connectivity index (χ4n) is 2.26. The van der Waals surface area contributed by atoms with Crippen LogP contribution in [0.4, 0.5) is 5.69 Å². The number of hydrogen-bond acceptors (Lipinski definition) is 4. The molecule has 5 nitrogen and oxygen atoms in total. The molecule has 1 unspecified atom stereocenters. The number of amides is 1. The van der Waals surface area contributed by atoms with Gasteiger partial charge in [0, 0.05) is 12.2 Å². The van der Waals surface area contributed by atoms with Crippen molar-refractivity contribution in [2.75, 3.05) is 32.1 Å². The van der Waals surface area contributed by atoms with Crippen LogP contribution in [0.1, 0.15) is 6.42 Å². The summed E-state index contributed by atoms with van der Waals surface area (Å²) >= 11 is 0. The highest BCUT2D eigenvalue weighted by molar-refractivity contribution is 5.92. The molecule has 1 amide bonds. The minimum absolute atomic E-state index is 0.0586. The number of anilines is 1. The molecule has 1 atom stereocenters. The lowest BCUT2D eigenvalue weighted by atomic mass is 10.1. The number of likely N-dealkylation sites (tertiary alicyclic amines) is 1. The molecule has 1 N–H and O–H groups in total. The number of esters is 1. The third-order valence-corrected chi connectivity index (χ3v) is 3.23. The number of rotatable bonds is 4. The zero-order valence-electron chi connectivity index (χ0n) is 11.0. The highest BCUT2D eigenvalue weighted by Crippen LogP contribution is 2.17. The first-order chi connectivity index (χ1) is 9.19. The molecule has 5 heteroatoms. The normalized spacial score (nSPS) is 19.1. The van der Waals surface area contributed by atoms with Crippen LogP contribution in [0, 0.1) is 5.92 Å². The Labute approximate surface area is 112 Å². The third-order valence-electron chi connectivity index (χ3n) is 3.23. The molecule has 1 aromatic carbocycles. The predicted octanol–water partition coefficient (Wildman–Crippen LogP) is 1.12. The van der Waals surface area contributed by atoms with Crippen molar-refractivity contribution in [2.45, 2.75) is 6.42 Å². The molecule has 1 aromatic rings. The molecule has 2 rings (SSSR count). The summed E-state index contributed by atoms with van der Waals surface area (Å²) in [5, 5.41) is 2.83. The largest absolute Gasteiger partial charge is 0.469 e. The average molecular weight is 262 g/mol. The third kappa shape index (κ3) is 3.79. The first-order valence-corrected chi connectivity index (χ1v) is 6.34. The standard InChI is InChI=1S/C14H18N2O3/c1-19-14(18)11-7-8-16(9-11)10-13(17)15-12-5-3-2-4-6-12/h2-6,11H,7-10H2,1H3,(H,15,17). The topological polar surface area (TPSA) is 58.6 Å². The summed E-state index contributed by atoms with van der Waals surface area (Å²) < 4.78 is 4.72. The quantitative estimate of drug-likeness (QED) is 0.826. The van der Waals surface area contributed by atoms with Crippen LogP contribution in [0.25, 0.3) is 0 Å². The van der Waals surface area contributed by atoms with Crippen molar-refractivity contribution in [1.82, 2.24) is 4.90 Å². The van der Waals surface area contributed by atoms with Gasteiger partial charge in [0.2, 0.25) is 5.91 Å². The van der Waals surface area contributed by atoms with Crippen molar-refractivity contribution in [1.29, 1.82) is 0 Å². The van der Waals surface area contributed by atoms with Crippen LogP contribution in [0.3, 0.4) is 0 Å². The number of nitrogens with zero attached hydrogens (tertiary/aromatic N) is 1. The van der Waals surface area contributed by atoms with E-state index in [9.17, 15) is 9.59 Å². The molecule has 1 aliphatic rings. The molecule has 0 spiro atoms. The predicted molar refractivity (Wildman–Crippen MR) is 71.6 cm³/mol. The van der Waals surface area contributed by atoms with Crippen molar-refractivity contribution in [3.63, 3.8) is 0 Å². The molecular formula is C14H18N2O3. The molecule has 19 heavy (non-hydrogen) atoms. The Hall–Kier alpha value is -1.88. The van der Waals surface area contributed by atoms with Crippen molar-refractivity contribution < 1.29 is 14.3 Å². The fourth-order valence-corrected chi connectivity index (χ4v) is 2.26. The lowest BCUT2D eigenvalue weighted by Crippen LogP contribution is -2.32. The van der Waals surface area contributed by atoms with Gasteiger partial charge in [0.25, 0.3) is 0 Å². The summed E-state index contributed by atoms with van der Waals surface area (Å²) in [7, 11) is 1.40. The van der Waals surface area contributed by atoms with Crippen molar-refractivity contribution in [3.05, 3.63) is 30.3 Å². The SMILES string of the molecule is COC(=O)C1CCN(CC(=O)Nc2ccccc2)C1. The number of carbonyl (C=O) groups excluding carboxylic acids is 2. The van der Waals surface area contributed by atoms with E-state index in [1.807, 2.05) is 35.2 Å². The molecule has 0 radical (unpaired) electrons. The zero-order chi connectivity index (χ0) is 13.7. The van der Waals surface area contributed by atoms with Crippen LogP contribution in [-0.2, 0) is 14.3 Å². The second-order valence-electron chi connectivity index (χ2n) is 4.66. The number of methoxy groups -OCH3 is 1. The van der Waals surface area contributed by atoms with Gasteiger partial charge in [-0.3, -0.25) is 14.5 Å². The lowest BCUT2D eigenvalue weighted by Gasteiger charge is -2.15. The highest BCUT2D eigenvalue weighted by atomic mass is 16.5. The fraction of sp³-hybridized carbons (Fsp3) is 0.429. The molecule has 1 aliphatic heterocycles. The van der Waals surface area contributed by atoms with Gasteiger partial charge in [-0.25, -0.2) is 0 Å². The molecule has 0 aliphatic carbocycles. The summed E-state index contributed by atoms with van der Waals surface area (Å²) in [5.41, 5.74) is 0.788. The van der Waals surface area contributed by atoms with Crippen LogP contribution in [-0.4, -0.2) is 43.5 Å². The molecule has 0 aromatic heterocycles. The summed E-state index contributed by atoms with van der Waals surface area (Å²) in [6.45, 7) is 1.65. The van der Waals surface area contributed by atoms with E-state index in [2.05, 4.69) is 5.32 Å². The molecule has 1 heterocycles. The Morgan fingerprint density at radius 2 is 2.11 bits per heavy atom. The van der Waals surface area contributed by atoms with Crippen LogP contribution in [0.5, 0.6) is 0 Å². The summed E-state index contributed by atoms with van der Waals surface area (Å²) in [4.78, 5) is 25.2. The monoisotopic (exact) mass is 262 g/mol. The van der Waals surface area contributed by atoms with E-state index in [1.165, 1.54) is 7.11 Å². The van der Waals surface area contributed by atoms with Gasteiger partial charge in [0.15, 0.2) is 0 Å². The second kappa shape index (κ2) is 6.33. The van der Waals surface area contributed by atoms with Gasteiger partial charge in [-0.05, 0) is 25.1 Å². The van der Waals surface area contributed by atoms with Gasteiger partial charge in [-0.1, -0.05) is 18.2 Å². The maximum absolute atomic E-state index is 11.8. The minimum atomic E-state index is -0.189. The van der Waals surface area contributed by atoms with E-state index in [0.717, 1.165) is 18.7 Å². The van der Waals surface area contributed by atoms with Gasteiger partial charge < -0.3 is 10.1 Å². The van der Waals surface area contributed by atoms with E-state index in [0.29, 0.717) is 13.1 Å². The Bertz CT molecular complexity index is 447. The van der Waals surface area contributed by atoms with Crippen molar-refractivity contribution in [2.24, 2.45) is 5.92 Å². The Balaban J connectivity index is 1.79. The van der Waals surface area contributed by atoms with E-state index in [4.69, 9.17) is 4.74 Å². The van der Waals surface area contributed by atoms with Gasteiger partial charge >= 0.3 is 5.97 Å². The summed E-state index contributed by atoms with van der Waals surface area (Å²) in [5.74, 6) is -0.350. The Kier molecular flexibility index (Phi) is 4.52.